The van der Waals surface area contributed by atoms with Crippen molar-refractivity contribution in [2.45, 2.75) is 19.4 Å². The van der Waals surface area contributed by atoms with Crippen molar-refractivity contribution in [2.75, 3.05) is 7.11 Å². The molecule has 5 nitrogen and oxygen atoms in total. The molecule has 1 unspecified atom stereocenters. The normalized spacial score (nSPS) is 12.2. The fraction of sp³-hybridized carbons (Fsp3) is 0.286. The molecule has 0 amide bonds. The molecule has 0 bridgehead atoms. The van der Waals surface area contributed by atoms with Gasteiger partial charge in [-0.25, -0.2) is 4.98 Å². The number of aromatic nitrogens is 2. The SMILES string of the molecule is COC(=O)C(N)Cc1cccn1-c1cccc(C)n1. The molecule has 0 spiro atoms. The van der Waals surface area contributed by atoms with Crippen LogP contribution in [0, 0.1) is 6.92 Å². The second-order valence-electron chi connectivity index (χ2n) is 4.34. The third kappa shape index (κ3) is 3.00. The molecule has 0 fully saturated rings. The maximum absolute atomic E-state index is 11.4. The summed E-state index contributed by atoms with van der Waals surface area (Å²) >= 11 is 0. The molecule has 19 heavy (non-hydrogen) atoms. The Hall–Kier alpha value is -2.14. The Balaban J connectivity index is 2.25. The number of aryl methyl sites for hydroxylation is 1. The van der Waals surface area contributed by atoms with Crippen molar-refractivity contribution in [1.82, 2.24) is 9.55 Å². The van der Waals surface area contributed by atoms with E-state index in [1.165, 1.54) is 7.11 Å². The quantitative estimate of drug-likeness (QED) is 0.838. The van der Waals surface area contributed by atoms with E-state index in [4.69, 9.17) is 5.73 Å². The minimum atomic E-state index is -0.663. The number of pyridine rings is 1. The molecule has 0 saturated carbocycles. The van der Waals surface area contributed by atoms with Crippen LogP contribution in [0.2, 0.25) is 0 Å². The van der Waals surface area contributed by atoms with Gasteiger partial charge in [0, 0.05) is 24.0 Å². The number of ether oxygens (including phenoxy) is 1. The van der Waals surface area contributed by atoms with Gasteiger partial charge in [0.1, 0.15) is 11.9 Å². The van der Waals surface area contributed by atoms with E-state index in [1.807, 2.05) is 48.0 Å². The summed E-state index contributed by atoms with van der Waals surface area (Å²) in [6, 6.07) is 8.97. The standard InChI is InChI=1S/C14H17N3O2/c1-10-5-3-7-13(16-10)17-8-4-6-11(17)9-12(15)14(18)19-2/h3-8,12H,9,15H2,1-2H3. The number of nitrogens with two attached hydrogens (primary N) is 1. The molecule has 2 rings (SSSR count). The molecule has 2 heterocycles. The van der Waals surface area contributed by atoms with Gasteiger partial charge in [-0.3, -0.25) is 4.79 Å². The zero-order valence-corrected chi connectivity index (χ0v) is 11.0. The Labute approximate surface area is 112 Å². The van der Waals surface area contributed by atoms with E-state index in [-0.39, 0.29) is 0 Å². The van der Waals surface area contributed by atoms with Crippen molar-refractivity contribution < 1.29 is 9.53 Å². The Morgan fingerprint density at radius 1 is 1.42 bits per heavy atom. The van der Waals surface area contributed by atoms with Gasteiger partial charge in [0.25, 0.3) is 0 Å². The lowest BCUT2D eigenvalue weighted by Crippen LogP contribution is -2.34. The predicted molar refractivity (Wildman–Crippen MR) is 72.0 cm³/mol. The highest BCUT2D eigenvalue weighted by Crippen LogP contribution is 2.12. The molecule has 0 saturated heterocycles. The third-order valence-electron chi connectivity index (χ3n) is 2.89. The van der Waals surface area contributed by atoms with Crippen LogP contribution in [0.3, 0.4) is 0 Å². The van der Waals surface area contributed by atoms with Crippen molar-refractivity contribution in [1.29, 1.82) is 0 Å². The summed E-state index contributed by atoms with van der Waals surface area (Å²) in [5, 5.41) is 0. The lowest BCUT2D eigenvalue weighted by molar-refractivity contribution is -0.142. The van der Waals surface area contributed by atoms with E-state index in [0.29, 0.717) is 6.42 Å². The molecular formula is C14H17N3O2. The largest absolute Gasteiger partial charge is 0.468 e. The number of rotatable bonds is 4. The molecule has 0 aliphatic heterocycles. The lowest BCUT2D eigenvalue weighted by Gasteiger charge is -2.12. The van der Waals surface area contributed by atoms with E-state index in [0.717, 1.165) is 17.2 Å². The van der Waals surface area contributed by atoms with Crippen molar-refractivity contribution in [3.05, 3.63) is 47.9 Å². The van der Waals surface area contributed by atoms with Gasteiger partial charge >= 0.3 is 5.97 Å². The highest BCUT2D eigenvalue weighted by atomic mass is 16.5. The summed E-state index contributed by atoms with van der Waals surface area (Å²) in [5.41, 5.74) is 7.65. The predicted octanol–water partition coefficient (Wildman–Crippen LogP) is 1.22. The molecular weight excluding hydrogens is 242 g/mol. The van der Waals surface area contributed by atoms with Crippen LogP contribution >= 0.6 is 0 Å². The van der Waals surface area contributed by atoms with Crippen molar-refractivity contribution >= 4 is 5.97 Å². The van der Waals surface area contributed by atoms with Crippen molar-refractivity contribution in [3.63, 3.8) is 0 Å². The molecule has 0 radical (unpaired) electrons. The second-order valence-corrected chi connectivity index (χ2v) is 4.34. The number of methoxy groups -OCH3 is 1. The number of hydrogen-bond acceptors (Lipinski definition) is 4. The average Bonchev–Trinajstić information content (AvgIpc) is 2.85. The van der Waals surface area contributed by atoms with Crippen LogP contribution in [0.25, 0.3) is 5.82 Å². The average molecular weight is 259 g/mol. The summed E-state index contributed by atoms with van der Waals surface area (Å²) in [4.78, 5) is 15.8. The molecule has 2 N–H and O–H groups in total. The minimum absolute atomic E-state index is 0.412. The summed E-state index contributed by atoms with van der Waals surface area (Å²) in [6.07, 6.45) is 2.32. The van der Waals surface area contributed by atoms with Gasteiger partial charge in [0.05, 0.1) is 7.11 Å². The molecule has 2 aromatic heterocycles. The first-order valence-electron chi connectivity index (χ1n) is 6.05. The molecule has 100 valence electrons. The number of hydrogen-bond donors (Lipinski definition) is 1. The Morgan fingerprint density at radius 3 is 2.89 bits per heavy atom. The monoisotopic (exact) mass is 259 g/mol. The first-order chi connectivity index (χ1) is 9.11. The molecule has 5 heteroatoms. The Bertz CT molecular complexity index is 578. The van der Waals surface area contributed by atoms with Gasteiger partial charge in [0.2, 0.25) is 0 Å². The number of carbonyl (C=O) groups is 1. The van der Waals surface area contributed by atoms with Crippen LogP contribution in [-0.2, 0) is 16.0 Å². The summed E-state index contributed by atoms with van der Waals surface area (Å²) < 4.78 is 6.56. The van der Waals surface area contributed by atoms with Crippen LogP contribution in [0.5, 0.6) is 0 Å². The van der Waals surface area contributed by atoms with Gasteiger partial charge in [-0.1, -0.05) is 6.07 Å². The smallest absolute Gasteiger partial charge is 0.323 e. The lowest BCUT2D eigenvalue weighted by atomic mass is 10.1. The maximum atomic E-state index is 11.4. The second kappa shape index (κ2) is 5.67. The zero-order valence-electron chi connectivity index (χ0n) is 11.0. The van der Waals surface area contributed by atoms with Crippen molar-refractivity contribution in [2.24, 2.45) is 5.73 Å². The fourth-order valence-electron chi connectivity index (χ4n) is 1.93. The molecule has 1 atom stereocenters. The van der Waals surface area contributed by atoms with Crippen LogP contribution in [0.4, 0.5) is 0 Å². The van der Waals surface area contributed by atoms with Crippen LogP contribution in [-0.4, -0.2) is 28.7 Å². The molecule has 0 aromatic carbocycles. The number of nitrogens with zero attached hydrogens (tertiary/aromatic N) is 2. The van der Waals surface area contributed by atoms with E-state index in [1.54, 1.807) is 0 Å². The molecule has 2 aromatic rings. The van der Waals surface area contributed by atoms with E-state index < -0.39 is 12.0 Å². The Kier molecular flexibility index (Phi) is 3.97. The van der Waals surface area contributed by atoms with E-state index in [9.17, 15) is 4.79 Å². The molecule has 0 aliphatic carbocycles. The fourth-order valence-corrected chi connectivity index (χ4v) is 1.93. The molecule has 0 aliphatic rings. The van der Waals surface area contributed by atoms with Gasteiger partial charge in [-0.05, 0) is 31.2 Å². The van der Waals surface area contributed by atoms with Gasteiger partial charge in [0.15, 0.2) is 0 Å². The topological polar surface area (TPSA) is 70.1 Å². The summed E-state index contributed by atoms with van der Waals surface area (Å²) in [7, 11) is 1.34. The minimum Gasteiger partial charge on any atom is -0.468 e. The van der Waals surface area contributed by atoms with Gasteiger partial charge in [-0.15, -0.1) is 0 Å². The van der Waals surface area contributed by atoms with Crippen molar-refractivity contribution in [3.8, 4) is 5.82 Å². The number of esters is 1. The third-order valence-corrected chi connectivity index (χ3v) is 2.89. The highest BCUT2D eigenvalue weighted by molar-refractivity contribution is 5.75. The van der Waals surface area contributed by atoms with E-state index in [2.05, 4.69) is 9.72 Å². The van der Waals surface area contributed by atoms with Gasteiger partial charge < -0.3 is 15.0 Å². The summed E-state index contributed by atoms with van der Waals surface area (Å²) in [5.74, 6) is 0.405. The van der Waals surface area contributed by atoms with Crippen LogP contribution in [0.15, 0.2) is 36.5 Å². The zero-order chi connectivity index (χ0) is 13.8. The van der Waals surface area contributed by atoms with Crippen LogP contribution in [0.1, 0.15) is 11.4 Å². The van der Waals surface area contributed by atoms with E-state index >= 15 is 0 Å². The maximum Gasteiger partial charge on any atom is 0.323 e. The highest BCUT2D eigenvalue weighted by Gasteiger charge is 2.16. The van der Waals surface area contributed by atoms with Gasteiger partial charge in [-0.2, -0.15) is 0 Å². The number of carbonyl (C=O) groups excluding carboxylic acids is 1. The Morgan fingerprint density at radius 2 is 2.21 bits per heavy atom. The first kappa shape index (κ1) is 13.3. The summed E-state index contributed by atoms with van der Waals surface area (Å²) in [6.45, 7) is 1.94. The first-order valence-corrected chi connectivity index (χ1v) is 6.05. The van der Waals surface area contributed by atoms with Crippen LogP contribution < -0.4 is 5.73 Å².